The first-order chi connectivity index (χ1) is 13.9. The molecule has 0 amide bonds. The number of aliphatic hydroxyl groups excluding tert-OH is 1. The van der Waals surface area contributed by atoms with Gasteiger partial charge in [0.2, 0.25) is 10.0 Å². The number of nitrogens with two attached hydrogens (primary N) is 1. The topological polar surface area (TPSA) is 83.6 Å². The van der Waals surface area contributed by atoms with Crippen LogP contribution in [-0.4, -0.2) is 43.1 Å². The lowest BCUT2D eigenvalue weighted by Gasteiger charge is -2.28. The zero-order valence-electron chi connectivity index (χ0n) is 16.9. The Bertz CT molecular complexity index is 901. The van der Waals surface area contributed by atoms with E-state index in [4.69, 9.17) is 5.73 Å². The molecule has 2 aromatic rings. The van der Waals surface area contributed by atoms with Crippen LogP contribution in [0.3, 0.4) is 0 Å². The van der Waals surface area contributed by atoms with E-state index in [0.717, 1.165) is 34.1 Å². The third-order valence-electron chi connectivity index (χ3n) is 4.59. The molecule has 0 saturated carbocycles. The number of aliphatic hydroxyl groups is 1. The molecule has 5 nitrogen and oxygen atoms in total. The molecule has 0 aliphatic heterocycles. The predicted molar refractivity (Wildman–Crippen MR) is 109 cm³/mol. The minimum Gasteiger partial charge on any atom is -0.390 e. The van der Waals surface area contributed by atoms with Crippen molar-refractivity contribution >= 4 is 10.0 Å². The second kappa shape index (κ2) is 9.91. The number of rotatable bonds is 9. The molecule has 0 bridgehead atoms. The number of hydrogen-bond acceptors (Lipinski definition) is 4. The van der Waals surface area contributed by atoms with E-state index in [0.29, 0.717) is 6.42 Å². The molecule has 0 fully saturated rings. The molecule has 0 aromatic heterocycles. The van der Waals surface area contributed by atoms with Crippen LogP contribution in [-0.2, 0) is 22.6 Å². The Morgan fingerprint density at radius 3 is 2.07 bits per heavy atom. The number of benzene rings is 2. The van der Waals surface area contributed by atoms with Crippen LogP contribution >= 0.6 is 0 Å². The number of alkyl halides is 3. The van der Waals surface area contributed by atoms with Gasteiger partial charge in [-0.25, -0.2) is 8.42 Å². The summed E-state index contributed by atoms with van der Waals surface area (Å²) in [4.78, 5) is -0.264. The van der Waals surface area contributed by atoms with Crippen LogP contribution in [0, 0.1) is 5.92 Å². The average molecular weight is 445 g/mol. The molecule has 0 heterocycles. The summed E-state index contributed by atoms with van der Waals surface area (Å²) in [5.74, 6) is -0.0632. The van der Waals surface area contributed by atoms with Crippen molar-refractivity contribution in [1.29, 1.82) is 0 Å². The van der Waals surface area contributed by atoms with Crippen LogP contribution < -0.4 is 5.73 Å². The van der Waals surface area contributed by atoms with E-state index < -0.39 is 33.9 Å². The van der Waals surface area contributed by atoms with Crippen molar-refractivity contribution in [3.05, 3.63) is 65.7 Å². The summed E-state index contributed by atoms with van der Waals surface area (Å²) in [6.07, 6.45) is -5.34. The predicted octanol–water partition coefficient (Wildman–Crippen LogP) is 3.28. The third kappa shape index (κ3) is 6.53. The van der Waals surface area contributed by atoms with Crippen molar-refractivity contribution in [2.24, 2.45) is 11.7 Å². The zero-order valence-corrected chi connectivity index (χ0v) is 17.7. The molecule has 2 rings (SSSR count). The van der Waals surface area contributed by atoms with Gasteiger partial charge in [0, 0.05) is 19.1 Å². The van der Waals surface area contributed by atoms with Crippen molar-refractivity contribution in [2.45, 2.75) is 43.5 Å². The maximum Gasteiger partial charge on any atom is 0.416 e. The van der Waals surface area contributed by atoms with Gasteiger partial charge in [-0.2, -0.15) is 17.5 Å². The molecule has 3 N–H and O–H groups in total. The molecule has 0 unspecified atom stereocenters. The lowest BCUT2D eigenvalue weighted by molar-refractivity contribution is -0.137. The fraction of sp³-hybridized carbons (Fsp3) is 0.429. The molecule has 0 radical (unpaired) electrons. The highest BCUT2D eigenvalue weighted by Gasteiger charge is 2.33. The molecule has 2 atom stereocenters. The summed E-state index contributed by atoms with van der Waals surface area (Å²) in [5.41, 5.74) is 6.06. The normalized spacial score (nSPS) is 14.8. The van der Waals surface area contributed by atoms with Gasteiger partial charge in [-0.3, -0.25) is 0 Å². The van der Waals surface area contributed by atoms with E-state index in [1.807, 2.05) is 44.2 Å². The second-order valence-corrected chi connectivity index (χ2v) is 9.60. The van der Waals surface area contributed by atoms with Crippen LogP contribution in [0.5, 0.6) is 0 Å². The fourth-order valence-electron chi connectivity index (χ4n) is 3.01. The Hall–Kier alpha value is -1.94. The molecule has 0 saturated heterocycles. The van der Waals surface area contributed by atoms with E-state index in [-0.39, 0.29) is 23.9 Å². The second-order valence-electron chi connectivity index (χ2n) is 7.66. The average Bonchev–Trinajstić information content (AvgIpc) is 2.67. The molecular formula is C21H27F3N2O3S. The van der Waals surface area contributed by atoms with E-state index in [1.165, 1.54) is 0 Å². The van der Waals surface area contributed by atoms with Crippen LogP contribution in [0.25, 0.3) is 0 Å². The van der Waals surface area contributed by atoms with Gasteiger partial charge in [-0.15, -0.1) is 0 Å². The summed E-state index contributed by atoms with van der Waals surface area (Å²) in [6.45, 7) is 3.46. The molecule has 2 aromatic carbocycles. The smallest absolute Gasteiger partial charge is 0.390 e. The number of halogens is 3. The van der Waals surface area contributed by atoms with E-state index in [1.54, 1.807) is 0 Å². The van der Waals surface area contributed by atoms with Gasteiger partial charge < -0.3 is 10.8 Å². The minimum atomic E-state index is -4.56. The van der Waals surface area contributed by atoms with E-state index in [2.05, 4.69) is 0 Å². The third-order valence-corrected chi connectivity index (χ3v) is 6.43. The molecule has 9 heteroatoms. The SMILES string of the molecule is CC(C)CN(C[C@@H](O)[C@@H](N)Cc1ccccc1)S(=O)(=O)c1ccc(C(F)(F)F)cc1. The van der Waals surface area contributed by atoms with Gasteiger partial charge in [0.05, 0.1) is 16.6 Å². The quantitative estimate of drug-likeness (QED) is 0.622. The van der Waals surface area contributed by atoms with Crippen molar-refractivity contribution in [2.75, 3.05) is 13.1 Å². The molecule has 30 heavy (non-hydrogen) atoms. The number of sulfonamides is 1. The Labute approximate surface area is 175 Å². The lowest BCUT2D eigenvalue weighted by Crippen LogP contribution is -2.47. The molecule has 0 aliphatic carbocycles. The Morgan fingerprint density at radius 1 is 1.00 bits per heavy atom. The Balaban J connectivity index is 2.20. The highest BCUT2D eigenvalue weighted by molar-refractivity contribution is 7.89. The van der Waals surface area contributed by atoms with Gasteiger partial charge in [-0.1, -0.05) is 44.2 Å². The summed E-state index contributed by atoms with van der Waals surface area (Å²) in [7, 11) is -4.11. The van der Waals surface area contributed by atoms with E-state index in [9.17, 15) is 26.7 Å². The summed E-state index contributed by atoms with van der Waals surface area (Å²) in [5, 5.41) is 10.5. The van der Waals surface area contributed by atoms with Crippen LogP contribution in [0.4, 0.5) is 13.2 Å². The van der Waals surface area contributed by atoms with Crippen LogP contribution in [0.1, 0.15) is 25.0 Å². The number of hydrogen-bond donors (Lipinski definition) is 2. The summed E-state index contributed by atoms with van der Waals surface area (Å²) in [6, 6.07) is 11.9. The lowest BCUT2D eigenvalue weighted by atomic mass is 10.0. The minimum absolute atomic E-state index is 0.0632. The molecule has 0 aliphatic rings. The largest absolute Gasteiger partial charge is 0.416 e. The van der Waals surface area contributed by atoms with Crippen LogP contribution in [0.15, 0.2) is 59.5 Å². The highest BCUT2D eigenvalue weighted by Crippen LogP contribution is 2.30. The van der Waals surface area contributed by atoms with Crippen molar-refractivity contribution in [3.63, 3.8) is 0 Å². The summed E-state index contributed by atoms with van der Waals surface area (Å²) >= 11 is 0. The fourth-order valence-corrected chi connectivity index (χ4v) is 4.63. The Morgan fingerprint density at radius 2 is 1.57 bits per heavy atom. The Kier molecular flexibility index (Phi) is 8.04. The molecular weight excluding hydrogens is 417 g/mol. The first-order valence-electron chi connectivity index (χ1n) is 9.56. The van der Waals surface area contributed by atoms with Gasteiger partial charge in [0.25, 0.3) is 0 Å². The molecule has 166 valence electrons. The number of nitrogens with zero attached hydrogens (tertiary/aromatic N) is 1. The monoisotopic (exact) mass is 444 g/mol. The molecule has 0 spiro atoms. The van der Waals surface area contributed by atoms with Gasteiger partial charge in [0.15, 0.2) is 0 Å². The van der Waals surface area contributed by atoms with Crippen LogP contribution in [0.2, 0.25) is 0 Å². The first-order valence-corrected chi connectivity index (χ1v) is 11.0. The van der Waals surface area contributed by atoms with Gasteiger partial charge in [-0.05, 0) is 42.2 Å². The van der Waals surface area contributed by atoms with Crippen molar-refractivity contribution in [1.82, 2.24) is 4.31 Å². The first kappa shape index (κ1) is 24.3. The van der Waals surface area contributed by atoms with Crippen molar-refractivity contribution < 1.29 is 26.7 Å². The maximum atomic E-state index is 13.0. The highest BCUT2D eigenvalue weighted by atomic mass is 32.2. The van der Waals surface area contributed by atoms with Gasteiger partial charge in [0.1, 0.15) is 0 Å². The standard InChI is InChI=1S/C21H27F3N2O3S/c1-15(2)13-26(14-20(27)19(25)12-16-6-4-3-5-7-16)30(28,29)18-10-8-17(9-11-18)21(22,23)24/h3-11,15,19-20,27H,12-14,25H2,1-2H3/t19-,20+/m0/s1. The zero-order chi connectivity index (χ0) is 22.5. The maximum absolute atomic E-state index is 13.0. The van der Waals surface area contributed by atoms with Crippen molar-refractivity contribution in [3.8, 4) is 0 Å². The van der Waals surface area contributed by atoms with E-state index >= 15 is 0 Å². The summed E-state index contributed by atoms with van der Waals surface area (Å²) < 4.78 is 65.5. The van der Waals surface area contributed by atoms with Gasteiger partial charge >= 0.3 is 6.18 Å².